The number of benzene rings is 2. The van der Waals surface area contributed by atoms with Gasteiger partial charge in [-0.05, 0) is 29.8 Å². The van der Waals surface area contributed by atoms with Crippen molar-refractivity contribution in [3.63, 3.8) is 0 Å². The van der Waals surface area contributed by atoms with Gasteiger partial charge in [0.1, 0.15) is 11.6 Å². The lowest BCUT2D eigenvalue weighted by Crippen LogP contribution is -2.31. The van der Waals surface area contributed by atoms with Crippen LogP contribution in [-0.4, -0.2) is 31.6 Å². The quantitative estimate of drug-likeness (QED) is 0.793. The molecule has 0 spiro atoms. The molecule has 0 N–H and O–H groups in total. The average Bonchev–Trinajstić information content (AvgIpc) is 2.55. The van der Waals surface area contributed by atoms with Crippen LogP contribution in [0.1, 0.15) is 5.56 Å². The number of amides is 1. The van der Waals surface area contributed by atoms with Crippen molar-refractivity contribution < 1.29 is 23.0 Å². The van der Waals surface area contributed by atoms with Crippen LogP contribution in [0.4, 0.5) is 8.78 Å². The van der Waals surface area contributed by atoms with Gasteiger partial charge in [0.15, 0.2) is 18.2 Å². The lowest BCUT2D eigenvalue weighted by atomic mass is 10.2. The number of carbonyl (C=O) groups is 1. The molecule has 2 aromatic rings. The second-order valence-corrected chi connectivity index (χ2v) is 5.49. The molecule has 0 bridgehead atoms. The molecule has 0 heterocycles. The molecule has 0 aliphatic carbocycles. The minimum Gasteiger partial charge on any atom is -0.494 e. The van der Waals surface area contributed by atoms with Crippen LogP contribution in [0.15, 0.2) is 36.4 Å². The highest BCUT2D eigenvalue weighted by molar-refractivity contribution is 6.30. The van der Waals surface area contributed by atoms with Gasteiger partial charge in [-0.2, -0.15) is 0 Å². The fourth-order valence-electron chi connectivity index (χ4n) is 1.99. The van der Waals surface area contributed by atoms with Crippen molar-refractivity contribution in [3.05, 3.63) is 58.6 Å². The zero-order chi connectivity index (χ0) is 17.7. The van der Waals surface area contributed by atoms with E-state index in [2.05, 4.69) is 0 Å². The van der Waals surface area contributed by atoms with Crippen molar-refractivity contribution in [3.8, 4) is 11.5 Å². The zero-order valence-electron chi connectivity index (χ0n) is 13.2. The summed E-state index contributed by atoms with van der Waals surface area (Å²) in [6.07, 6.45) is 0. The Morgan fingerprint density at radius 2 is 1.92 bits per heavy atom. The lowest BCUT2D eigenvalue weighted by Gasteiger charge is -2.18. The average molecular weight is 356 g/mol. The van der Waals surface area contributed by atoms with Crippen LogP contribution in [0.2, 0.25) is 5.02 Å². The van der Waals surface area contributed by atoms with E-state index in [1.807, 2.05) is 0 Å². The molecule has 0 atom stereocenters. The third kappa shape index (κ3) is 4.58. The predicted molar refractivity (Wildman–Crippen MR) is 86.3 cm³/mol. The molecule has 0 unspecified atom stereocenters. The van der Waals surface area contributed by atoms with Crippen LogP contribution in [0, 0.1) is 11.6 Å². The van der Waals surface area contributed by atoms with E-state index in [-0.39, 0.29) is 29.8 Å². The number of hydrogen-bond donors (Lipinski definition) is 0. The van der Waals surface area contributed by atoms with Crippen molar-refractivity contribution in [2.45, 2.75) is 6.54 Å². The Kier molecular flexibility index (Phi) is 5.98. The normalized spacial score (nSPS) is 10.4. The first-order valence-electron chi connectivity index (χ1n) is 7.05. The summed E-state index contributed by atoms with van der Waals surface area (Å²) < 4.78 is 36.8. The first kappa shape index (κ1) is 18.0. The highest BCUT2D eigenvalue weighted by atomic mass is 35.5. The standard InChI is InChI=1S/C17H16ClF2NO3/c1-21(9-11-3-6-16(23-2)15(20)7-11)17(22)10-24-12-4-5-14(19)13(18)8-12/h3-8H,9-10H2,1-2H3. The highest BCUT2D eigenvalue weighted by Crippen LogP contribution is 2.21. The van der Waals surface area contributed by atoms with Gasteiger partial charge in [0.05, 0.1) is 12.1 Å². The van der Waals surface area contributed by atoms with Crippen LogP contribution in [-0.2, 0) is 11.3 Å². The van der Waals surface area contributed by atoms with E-state index in [0.717, 1.165) is 6.07 Å². The van der Waals surface area contributed by atoms with Gasteiger partial charge in [-0.3, -0.25) is 4.79 Å². The van der Waals surface area contributed by atoms with Gasteiger partial charge in [-0.25, -0.2) is 8.78 Å². The molecule has 0 radical (unpaired) electrons. The van der Waals surface area contributed by atoms with Crippen LogP contribution in [0.25, 0.3) is 0 Å². The molecule has 2 rings (SSSR count). The molecular weight excluding hydrogens is 340 g/mol. The molecule has 0 fully saturated rings. The minimum absolute atomic E-state index is 0.0815. The molecule has 0 saturated heterocycles. The molecule has 24 heavy (non-hydrogen) atoms. The third-order valence-corrected chi connectivity index (χ3v) is 3.60. The maximum atomic E-state index is 13.6. The second kappa shape index (κ2) is 7.97. The van der Waals surface area contributed by atoms with E-state index >= 15 is 0 Å². The molecule has 0 aliphatic rings. The fourth-order valence-corrected chi connectivity index (χ4v) is 2.16. The van der Waals surface area contributed by atoms with Crippen LogP contribution in [0.5, 0.6) is 11.5 Å². The summed E-state index contributed by atoms with van der Waals surface area (Å²) in [5.41, 5.74) is 0.619. The van der Waals surface area contributed by atoms with Crippen molar-refractivity contribution in [2.75, 3.05) is 20.8 Å². The Bertz CT molecular complexity index is 740. The highest BCUT2D eigenvalue weighted by Gasteiger charge is 2.12. The first-order chi connectivity index (χ1) is 11.4. The van der Waals surface area contributed by atoms with Crippen LogP contribution < -0.4 is 9.47 Å². The van der Waals surface area contributed by atoms with Crippen LogP contribution in [0.3, 0.4) is 0 Å². The van der Waals surface area contributed by atoms with Crippen molar-refractivity contribution in [2.24, 2.45) is 0 Å². The molecule has 2 aromatic carbocycles. The van der Waals surface area contributed by atoms with Gasteiger partial charge in [-0.1, -0.05) is 17.7 Å². The second-order valence-electron chi connectivity index (χ2n) is 5.08. The Hall–Kier alpha value is -2.34. The molecule has 0 aromatic heterocycles. The summed E-state index contributed by atoms with van der Waals surface area (Å²) in [6, 6.07) is 8.32. The SMILES string of the molecule is COc1ccc(CN(C)C(=O)COc2ccc(F)c(Cl)c2)cc1F. The predicted octanol–water partition coefficient (Wildman–Crippen LogP) is 3.66. The molecular formula is C17H16ClF2NO3. The maximum absolute atomic E-state index is 13.6. The maximum Gasteiger partial charge on any atom is 0.260 e. The van der Waals surface area contributed by atoms with E-state index in [1.54, 1.807) is 13.1 Å². The fraction of sp³-hybridized carbons (Fsp3) is 0.235. The number of ether oxygens (including phenoxy) is 2. The summed E-state index contributed by atoms with van der Waals surface area (Å²) in [6.45, 7) is -0.0234. The Morgan fingerprint density at radius 3 is 2.54 bits per heavy atom. The Balaban J connectivity index is 1.92. The van der Waals surface area contributed by atoms with Crippen molar-refractivity contribution >= 4 is 17.5 Å². The van der Waals surface area contributed by atoms with E-state index in [1.165, 1.54) is 36.3 Å². The van der Waals surface area contributed by atoms with E-state index < -0.39 is 11.6 Å². The van der Waals surface area contributed by atoms with Gasteiger partial charge in [-0.15, -0.1) is 0 Å². The Labute approximate surface area is 143 Å². The number of hydrogen-bond acceptors (Lipinski definition) is 3. The van der Waals surface area contributed by atoms with Gasteiger partial charge < -0.3 is 14.4 Å². The molecule has 4 nitrogen and oxygen atoms in total. The van der Waals surface area contributed by atoms with Gasteiger partial charge >= 0.3 is 0 Å². The first-order valence-corrected chi connectivity index (χ1v) is 7.42. The van der Waals surface area contributed by atoms with Crippen molar-refractivity contribution in [1.82, 2.24) is 4.90 Å². The molecule has 0 aliphatic heterocycles. The summed E-state index contributed by atoms with van der Waals surface area (Å²) >= 11 is 5.64. The zero-order valence-corrected chi connectivity index (χ0v) is 13.9. The largest absolute Gasteiger partial charge is 0.494 e. The number of carbonyl (C=O) groups excluding carboxylic acids is 1. The molecule has 7 heteroatoms. The van der Waals surface area contributed by atoms with Gasteiger partial charge in [0.2, 0.25) is 0 Å². The van der Waals surface area contributed by atoms with E-state index in [0.29, 0.717) is 11.3 Å². The monoisotopic (exact) mass is 355 g/mol. The van der Waals surface area contributed by atoms with Crippen molar-refractivity contribution in [1.29, 1.82) is 0 Å². The number of likely N-dealkylation sites (N-methyl/N-ethyl adjacent to an activating group) is 1. The summed E-state index contributed by atoms with van der Waals surface area (Å²) in [5, 5.41) is -0.0815. The number of methoxy groups -OCH3 is 1. The van der Waals surface area contributed by atoms with E-state index in [9.17, 15) is 13.6 Å². The molecule has 1 amide bonds. The van der Waals surface area contributed by atoms with Crippen LogP contribution >= 0.6 is 11.6 Å². The topological polar surface area (TPSA) is 38.8 Å². The third-order valence-electron chi connectivity index (χ3n) is 3.32. The smallest absolute Gasteiger partial charge is 0.260 e. The Morgan fingerprint density at radius 1 is 1.17 bits per heavy atom. The van der Waals surface area contributed by atoms with Gasteiger partial charge in [0, 0.05) is 19.7 Å². The number of nitrogens with zero attached hydrogens (tertiary/aromatic N) is 1. The number of halogens is 3. The summed E-state index contributed by atoms with van der Waals surface area (Å²) in [7, 11) is 2.96. The van der Waals surface area contributed by atoms with E-state index in [4.69, 9.17) is 21.1 Å². The van der Waals surface area contributed by atoms with Gasteiger partial charge in [0.25, 0.3) is 5.91 Å². The summed E-state index contributed by atoms with van der Waals surface area (Å²) in [5.74, 6) is -0.934. The minimum atomic E-state index is -0.561. The number of rotatable bonds is 6. The molecule has 128 valence electrons. The lowest BCUT2D eigenvalue weighted by molar-refractivity contribution is -0.132. The summed E-state index contributed by atoms with van der Waals surface area (Å²) in [4.78, 5) is 13.5. The molecule has 0 saturated carbocycles.